The summed E-state index contributed by atoms with van der Waals surface area (Å²) in [6, 6.07) is 7.33. The molecule has 0 spiro atoms. The number of amides is 1. The van der Waals surface area contributed by atoms with Crippen LogP contribution >= 0.6 is 23.1 Å². The summed E-state index contributed by atoms with van der Waals surface area (Å²) in [6.45, 7) is 0. The van der Waals surface area contributed by atoms with E-state index in [2.05, 4.69) is 20.5 Å². The number of carbonyl (C=O) groups excluding carboxylic acids is 1. The number of aromatic amines is 1. The number of aromatic nitrogens is 3. The van der Waals surface area contributed by atoms with Crippen molar-refractivity contribution in [1.82, 2.24) is 15.2 Å². The number of rotatable bonds is 4. The van der Waals surface area contributed by atoms with Crippen LogP contribution in [0.2, 0.25) is 0 Å². The van der Waals surface area contributed by atoms with Crippen molar-refractivity contribution >= 4 is 34.7 Å². The van der Waals surface area contributed by atoms with Gasteiger partial charge in [-0.3, -0.25) is 9.89 Å². The highest BCUT2D eigenvalue weighted by Gasteiger charge is 2.13. The lowest BCUT2D eigenvalue weighted by Crippen LogP contribution is -2.13. The molecule has 3 rings (SSSR count). The number of anilines is 1. The molecule has 0 aliphatic heterocycles. The number of hydrogen-bond acceptors (Lipinski definition) is 5. The smallest absolute Gasteiger partial charge is 0.273 e. The van der Waals surface area contributed by atoms with Crippen LogP contribution in [0, 0.1) is 0 Å². The normalized spacial score (nSPS) is 10.5. The van der Waals surface area contributed by atoms with Gasteiger partial charge in [0.15, 0.2) is 0 Å². The average molecular weight is 316 g/mol. The third-order valence-electron chi connectivity index (χ3n) is 2.85. The van der Waals surface area contributed by atoms with E-state index in [1.807, 2.05) is 29.1 Å². The van der Waals surface area contributed by atoms with E-state index < -0.39 is 0 Å². The van der Waals surface area contributed by atoms with E-state index in [0.717, 1.165) is 16.3 Å². The maximum absolute atomic E-state index is 12.2. The zero-order valence-electron chi connectivity index (χ0n) is 11.2. The van der Waals surface area contributed by atoms with Crippen LogP contribution in [0.1, 0.15) is 10.5 Å². The minimum Gasteiger partial charge on any atom is -0.318 e. The van der Waals surface area contributed by atoms with Gasteiger partial charge in [0, 0.05) is 17.1 Å². The largest absolute Gasteiger partial charge is 0.318 e. The molecule has 0 aromatic carbocycles. The zero-order valence-corrected chi connectivity index (χ0v) is 12.8. The van der Waals surface area contributed by atoms with E-state index in [9.17, 15) is 4.79 Å². The molecule has 3 heterocycles. The molecule has 3 aromatic heterocycles. The molecule has 0 fully saturated rings. The molecule has 0 saturated carbocycles. The van der Waals surface area contributed by atoms with E-state index in [1.54, 1.807) is 29.7 Å². The highest BCUT2D eigenvalue weighted by Crippen LogP contribution is 2.23. The predicted octanol–water partition coefficient (Wildman–Crippen LogP) is 3.51. The molecule has 0 bridgehead atoms. The SMILES string of the molecule is CSc1ncccc1NC(=O)c1cc(-c2ccsc2)n[nH]1. The molecule has 0 atom stereocenters. The molecule has 0 radical (unpaired) electrons. The maximum Gasteiger partial charge on any atom is 0.273 e. The standard InChI is InChI=1S/C14H12N4OS2/c1-20-14-10(3-2-5-15-14)16-13(19)12-7-11(17-18-12)9-4-6-21-8-9/h2-8H,1H3,(H,16,19)(H,17,18). The molecule has 0 saturated heterocycles. The van der Waals surface area contributed by atoms with Crippen LogP contribution in [0.25, 0.3) is 11.3 Å². The molecular formula is C14H12N4OS2. The summed E-state index contributed by atoms with van der Waals surface area (Å²) in [5.74, 6) is -0.229. The Balaban J connectivity index is 1.80. The summed E-state index contributed by atoms with van der Waals surface area (Å²) in [7, 11) is 0. The highest BCUT2D eigenvalue weighted by molar-refractivity contribution is 7.98. The van der Waals surface area contributed by atoms with Gasteiger partial charge in [0.2, 0.25) is 0 Å². The Morgan fingerprint density at radius 3 is 3.10 bits per heavy atom. The number of nitrogens with zero attached hydrogens (tertiary/aromatic N) is 2. The second-order valence-corrected chi connectivity index (χ2v) is 5.77. The van der Waals surface area contributed by atoms with Gasteiger partial charge in [-0.1, -0.05) is 0 Å². The van der Waals surface area contributed by atoms with E-state index in [1.165, 1.54) is 11.8 Å². The number of thioether (sulfide) groups is 1. The van der Waals surface area contributed by atoms with Crippen molar-refractivity contribution in [3.63, 3.8) is 0 Å². The number of pyridine rings is 1. The summed E-state index contributed by atoms with van der Waals surface area (Å²) in [4.78, 5) is 16.5. The molecule has 0 unspecified atom stereocenters. The van der Waals surface area contributed by atoms with Gasteiger partial charge in [-0.25, -0.2) is 4.98 Å². The predicted molar refractivity (Wildman–Crippen MR) is 85.9 cm³/mol. The van der Waals surface area contributed by atoms with Crippen LogP contribution in [0.15, 0.2) is 46.2 Å². The van der Waals surface area contributed by atoms with Crippen LogP contribution in [0.5, 0.6) is 0 Å². The first kappa shape index (κ1) is 13.8. The molecule has 2 N–H and O–H groups in total. The van der Waals surface area contributed by atoms with Crippen LogP contribution in [-0.4, -0.2) is 27.3 Å². The molecule has 0 aliphatic rings. The van der Waals surface area contributed by atoms with E-state index in [-0.39, 0.29) is 5.91 Å². The lowest BCUT2D eigenvalue weighted by Gasteiger charge is -2.06. The zero-order chi connectivity index (χ0) is 14.7. The first-order valence-corrected chi connectivity index (χ1v) is 8.33. The van der Waals surface area contributed by atoms with Crippen LogP contribution in [0.3, 0.4) is 0 Å². The summed E-state index contributed by atoms with van der Waals surface area (Å²) in [5.41, 5.74) is 2.88. The van der Waals surface area contributed by atoms with Crippen LogP contribution in [0.4, 0.5) is 5.69 Å². The van der Waals surface area contributed by atoms with Crippen LogP contribution in [-0.2, 0) is 0 Å². The van der Waals surface area contributed by atoms with Crippen molar-refractivity contribution in [3.05, 3.63) is 46.9 Å². The first-order chi connectivity index (χ1) is 10.3. The van der Waals surface area contributed by atoms with Crippen molar-refractivity contribution in [3.8, 4) is 11.3 Å². The molecular weight excluding hydrogens is 304 g/mol. The minimum atomic E-state index is -0.229. The van der Waals surface area contributed by atoms with Crippen molar-refractivity contribution in [2.24, 2.45) is 0 Å². The third kappa shape index (κ3) is 2.98. The highest BCUT2D eigenvalue weighted by atomic mass is 32.2. The third-order valence-corrected chi connectivity index (χ3v) is 4.25. The van der Waals surface area contributed by atoms with Crippen LogP contribution < -0.4 is 5.32 Å². The Kier molecular flexibility index (Phi) is 4.03. The fourth-order valence-electron chi connectivity index (χ4n) is 1.83. The molecule has 3 aromatic rings. The molecule has 0 aliphatic carbocycles. The van der Waals surface area contributed by atoms with Crippen molar-refractivity contribution in [2.45, 2.75) is 5.03 Å². The Hall–Kier alpha value is -2.12. The summed E-state index contributed by atoms with van der Waals surface area (Å²) < 4.78 is 0. The van der Waals surface area contributed by atoms with Crippen molar-refractivity contribution in [1.29, 1.82) is 0 Å². The van der Waals surface area contributed by atoms with E-state index in [0.29, 0.717) is 11.4 Å². The lowest BCUT2D eigenvalue weighted by atomic mass is 10.2. The fraction of sp³-hybridized carbons (Fsp3) is 0.0714. The van der Waals surface area contributed by atoms with Gasteiger partial charge < -0.3 is 5.32 Å². The number of H-pyrrole nitrogens is 1. The van der Waals surface area contributed by atoms with E-state index in [4.69, 9.17) is 0 Å². The number of nitrogens with one attached hydrogen (secondary N) is 2. The van der Waals surface area contributed by atoms with Gasteiger partial charge in [0.05, 0.1) is 11.4 Å². The van der Waals surface area contributed by atoms with Crippen molar-refractivity contribution < 1.29 is 4.79 Å². The Morgan fingerprint density at radius 2 is 2.33 bits per heavy atom. The quantitative estimate of drug-likeness (QED) is 0.723. The monoisotopic (exact) mass is 316 g/mol. The first-order valence-electron chi connectivity index (χ1n) is 6.16. The molecule has 1 amide bonds. The number of thiophene rings is 1. The van der Waals surface area contributed by atoms with E-state index >= 15 is 0 Å². The molecule has 21 heavy (non-hydrogen) atoms. The maximum atomic E-state index is 12.2. The fourth-order valence-corrected chi connectivity index (χ4v) is 2.99. The Morgan fingerprint density at radius 1 is 1.43 bits per heavy atom. The lowest BCUT2D eigenvalue weighted by molar-refractivity contribution is 0.102. The van der Waals surface area contributed by atoms with Gasteiger partial charge in [0.1, 0.15) is 10.7 Å². The average Bonchev–Trinajstić information content (AvgIpc) is 3.18. The minimum absolute atomic E-state index is 0.229. The van der Waals surface area contributed by atoms with Crippen molar-refractivity contribution in [2.75, 3.05) is 11.6 Å². The Bertz CT molecular complexity index is 752. The summed E-state index contributed by atoms with van der Waals surface area (Å²) in [6.07, 6.45) is 3.62. The summed E-state index contributed by atoms with van der Waals surface area (Å²) in [5, 5.41) is 14.5. The molecule has 7 heteroatoms. The number of hydrogen-bond donors (Lipinski definition) is 2. The second kappa shape index (κ2) is 6.11. The van der Waals surface area contributed by atoms with Gasteiger partial charge in [-0.05, 0) is 35.9 Å². The van der Waals surface area contributed by atoms with Gasteiger partial charge in [-0.2, -0.15) is 16.4 Å². The van der Waals surface area contributed by atoms with Gasteiger partial charge in [-0.15, -0.1) is 11.8 Å². The van der Waals surface area contributed by atoms with Gasteiger partial charge >= 0.3 is 0 Å². The summed E-state index contributed by atoms with van der Waals surface area (Å²) >= 11 is 3.08. The Labute approximate surface area is 129 Å². The molecule has 106 valence electrons. The number of carbonyl (C=O) groups is 1. The second-order valence-electron chi connectivity index (χ2n) is 4.19. The molecule has 5 nitrogen and oxygen atoms in total. The van der Waals surface area contributed by atoms with Gasteiger partial charge in [0.25, 0.3) is 5.91 Å². The topological polar surface area (TPSA) is 70.7 Å².